The van der Waals surface area contributed by atoms with Crippen molar-refractivity contribution >= 4 is 44.7 Å². The van der Waals surface area contributed by atoms with E-state index in [1.165, 1.54) is 0 Å². The lowest BCUT2D eigenvalue weighted by molar-refractivity contribution is -0.116. The van der Waals surface area contributed by atoms with Crippen LogP contribution in [0.15, 0.2) is 72.8 Å². The highest BCUT2D eigenvalue weighted by Gasteiger charge is 2.15. The quantitative estimate of drug-likeness (QED) is 0.473. The third kappa shape index (κ3) is 3.21. The molecule has 142 valence electrons. The summed E-state index contributed by atoms with van der Waals surface area (Å²) in [6.45, 7) is 2.55. The average Bonchev–Trinajstić information content (AvgIpc) is 3.03. The van der Waals surface area contributed by atoms with E-state index in [1.54, 1.807) is 0 Å². The Morgan fingerprint density at radius 1 is 0.931 bits per heavy atom. The second-order valence-electron chi connectivity index (χ2n) is 7.22. The Morgan fingerprint density at radius 2 is 1.69 bits per heavy atom. The Morgan fingerprint density at radius 3 is 2.52 bits per heavy atom. The predicted molar refractivity (Wildman–Crippen MR) is 117 cm³/mol. The number of fused-ring (bicyclic) bond motifs is 4. The van der Waals surface area contributed by atoms with Gasteiger partial charge in [0, 0.05) is 24.0 Å². The van der Waals surface area contributed by atoms with Crippen LogP contribution in [0.1, 0.15) is 12.0 Å². The van der Waals surface area contributed by atoms with Crippen LogP contribution in [0.4, 0.5) is 5.69 Å². The summed E-state index contributed by atoms with van der Waals surface area (Å²) in [6, 6.07) is 23.8. The van der Waals surface area contributed by atoms with Crippen molar-refractivity contribution in [3.05, 3.63) is 78.4 Å². The molecule has 0 spiro atoms. The first-order chi connectivity index (χ1) is 14.2. The third-order valence-electron chi connectivity index (χ3n) is 5.12. The van der Waals surface area contributed by atoms with Crippen LogP contribution in [0.3, 0.4) is 0 Å². The standard InChI is InChI=1S/C24H20N4O/c1-16-7-6-8-17(15-16)25-22(29)13-14-28-21-12-5-2-9-18(21)23-24(28)27-20-11-4-3-10-19(20)26-23/h2-12,15H,13-14H2,1H3,(H,25,29). The van der Waals surface area contributed by atoms with Gasteiger partial charge in [0.2, 0.25) is 5.91 Å². The Hall–Kier alpha value is -3.73. The first-order valence-electron chi connectivity index (χ1n) is 9.69. The molecule has 3 aromatic carbocycles. The van der Waals surface area contributed by atoms with Gasteiger partial charge in [0.05, 0.1) is 16.6 Å². The number of hydrogen-bond acceptors (Lipinski definition) is 3. The molecule has 5 heteroatoms. The van der Waals surface area contributed by atoms with Gasteiger partial charge in [-0.15, -0.1) is 0 Å². The first kappa shape index (κ1) is 17.4. The van der Waals surface area contributed by atoms with E-state index in [2.05, 4.69) is 22.0 Å². The molecule has 0 aliphatic heterocycles. The lowest BCUT2D eigenvalue weighted by Gasteiger charge is -2.09. The molecule has 0 radical (unpaired) electrons. The molecule has 29 heavy (non-hydrogen) atoms. The number of aromatic nitrogens is 3. The smallest absolute Gasteiger partial charge is 0.226 e. The number of benzene rings is 3. The van der Waals surface area contributed by atoms with Crippen molar-refractivity contribution in [3.63, 3.8) is 0 Å². The zero-order chi connectivity index (χ0) is 19.8. The number of amides is 1. The number of anilines is 1. The summed E-state index contributed by atoms with van der Waals surface area (Å²) in [5, 5.41) is 4.04. The molecule has 5 rings (SSSR count). The van der Waals surface area contributed by atoms with Gasteiger partial charge in [-0.2, -0.15) is 0 Å². The van der Waals surface area contributed by atoms with Gasteiger partial charge < -0.3 is 9.88 Å². The van der Waals surface area contributed by atoms with Crippen LogP contribution in [-0.4, -0.2) is 20.4 Å². The molecule has 0 fully saturated rings. The van der Waals surface area contributed by atoms with Gasteiger partial charge in [-0.1, -0.05) is 42.5 Å². The van der Waals surface area contributed by atoms with Gasteiger partial charge in [-0.3, -0.25) is 4.79 Å². The molecule has 0 unspecified atom stereocenters. The van der Waals surface area contributed by atoms with Crippen molar-refractivity contribution in [2.24, 2.45) is 0 Å². The number of para-hydroxylation sites is 3. The van der Waals surface area contributed by atoms with Gasteiger partial charge in [-0.05, 0) is 42.8 Å². The van der Waals surface area contributed by atoms with Gasteiger partial charge >= 0.3 is 0 Å². The van der Waals surface area contributed by atoms with Crippen LogP contribution in [0.2, 0.25) is 0 Å². The largest absolute Gasteiger partial charge is 0.326 e. The lowest BCUT2D eigenvalue weighted by atomic mass is 10.2. The molecule has 2 heterocycles. The molecule has 5 aromatic rings. The Bertz CT molecular complexity index is 1370. The maximum Gasteiger partial charge on any atom is 0.226 e. The van der Waals surface area contributed by atoms with Crippen LogP contribution in [-0.2, 0) is 11.3 Å². The molecule has 0 saturated heterocycles. The molecule has 1 amide bonds. The summed E-state index contributed by atoms with van der Waals surface area (Å²) in [5.74, 6) is -0.0183. The van der Waals surface area contributed by atoms with Crippen molar-refractivity contribution in [1.82, 2.24) is 14.5 Å². The number of aryl methyl sites for hydroxylation is 2. The van der Waals surface area contributed by atoms with Crippen LogP contribution >= 0.6 is 0 Å². The zero-order valence-corrected chi connectivity index (χ0v) is 16.1. The second kappa shape index (κ2) is 7.02. The van der Waals surface area contributed by atoms with Crippen molar-refractivity contribution in [3.8, 4) is 0 Å². The lowest BCUT2D eigenvalue weighted by Crippen LogP contribution is -2.14. The SMILES string of the molecule is Cc1cccc(NC(=O)CCn2c3ccccc3c3nc4ccccc4nc32)c1. The molecular formula is C24H20N4O. The number of carbonyl (C=O) groups excluding carboxylic acids is 1. The van der Waals surface area contributed by atoms with Crippen LogP contribution in [0.5, 0.6) is 0 Å². The van der Waals surface area contributed by atoms with Gasteiger partial charge in [0.15, 0.2) is 5.65 Å². The fraction of sp³-hybridized carbons (Fsp3) is 0.125. The van der Waals surface area contributed by atoms with Gasteiger partial charge in [-0.25, -0.2) is 9.97 Å². The van der Waals surface area contributed by atoms with Crippen LogP contribution < -0.4 is 5.32 Å². The van der Waals surface area contributed by atoms with Crippen molar-refractivity contribution < 1.29 is 4.79 Å². The van der Waals surface area contributed by atoms with E-state index in [0.29, 0.717) is 13.0 Å². The molecule has 5 nitrogen and oxygen atoms in total. The zero-order valence-electron chi connectivity index (χ0n) is 16.1. The number of nitrogens with one attached hydrogen (secondary N) is 1. The minimum atomic E-state index is -0.0183. The van der Waals surface area contributed by atoms with E-state index < -0.39 is 0 Å². The van der Waals surface area contributed by atoms with Gasteiger partial charge in [0.25, 0.3) is 0 Å². The van der Waals surface area contributed by atoms with E-state index in [9.17, 15) is 4.79 Å². The van der Waals surface area contributed by atoms with Crippen LogP contribution in [0, 0.1) is 6.92 Å². The maximum absolute atomic E-state index is 12.5. The Kier molecular flexibility index (Phi) is 4.21. The summed E-state index contributed by atoms with van der Waals surface area (Å²) < 4.78 is 2.10. The molecular weight excluding hydrogens is 360 g/mol. The number of hydrogen-bond donors (Lipinski definition) is 1. The maximum atomic E-state index is 12.5. The highest BCUT2D eigenvalue weighted by atomic mass is 16.1. The summed E-state index contributed by atoms with van der Waals surface area (Å²) in [6.07, 6.45) is 0.357. The molecule has 0 atom stereocenters. The van der Waals surface area contributed by atoms with Crippen molar-refractivity contribution in [2.45, 2.75) is 19.9 Å². The summed E-state index contributed by atoms with van der Waals surface area (Å²) in [4.78, 5) is 22.2. The molecule has 0 aliphatic rings. The minimum absolute atomic E-state index is 0.0183. The monoisotopic (exact) mass is 380 g/mol. The number of rotatable bonds is 4. The van der Waals surface area contributed by atoms with E-state index in [1.807, 2.05) is 67.6 Å². The fourth-order valence-electron chi connectivity index (χ4n) is 3.77. The molecule has 0 aliphatic carbocycles. The number of carbonyl (C=O) groups is 1. The second-order valence-corrected chi connectivity index (χ2v) is 7.22. The fourth-order valence-corrected chi connectivity index (χ4v) is 3.77. The Labute approximate surface area is 168 Å². The average molecular weight is 380 g/mol. The molecule has 2 aromatic heterocycles. The molecule has 0 saturated carbocycles. The highest BCUT2D eigenvalue weighted by Crippen LogP contribution is 2.28. The highest BCUT2D eigenvalue weighted by molar-refractivity contribution is 6.06. The van der Waals surface area contributed by atoms with E-state index in [0.717, 1.165) is 44.4 Å². The number of nitrogens with zero attached hydrogens (tertiary/aromatic N) is 3. The summed E-state index contributed by atoms with van der Waals surface area (Å²) in [7, 11) is 0. The van der Waals surface area contributed by atoms with Crippen molar-refractivity contribution in [2.75, 3.05) is 5.32 Å². The van der Waals surface area contributed by atoms with E-state index >= 15 is 0 Å². The first-order valence-corrected chi connectivity index (χ1v) is 9.69. The summed E-state index contributed by atoms with van der Waals surface area (Å²) in [5.41, 5.74) is 6.40. The summed E-state index contributed by atoms with van der Waals surface area (Å²) >= 11 is 0. The van der Waals surface area contributed by atoms with E-state index in [4.69, 9.17) is 9.97 Å². The van der Waals surface area contributed by atoms with E-state index in [-0.39, 0.29) is 5.91 Å². The topological polar surface area (TPSA) is 59.8 Å². The third-order valence-corrected chi connectivity index (χ3v) is 5.12. The molecule has 0 bridgehead atoms. The van der Waals surface area contributed by atoms with Crippen LogP contribution in [0.25, 0.3) is 33.1 Å². The Balaban J connectivity index is 1.51. The molecule has 1 N–H and O–H groups in total. The van der Waals surface area contributed by atoms with Crippen molar-refractivity contribution in [1.29, 1.82) is 0 Å². The normalized spacial score (nSPS) is 11.3. The minimum Gasteiger partial charge on any atom is -0.326 e. The predicted octanol–water partition coefficient (Wildman–Crippen LogP) is 5.07. The van der Waals surface area contributed by atoms with Gasteiger partial charge in [0.1, 0.15) is 5.52 Å².